The van der Waals surface area contributed by atoms with Crippen LogP contribution in [-0.4, -0.2) is 26.8 Å². The maximum atomic E-state index is 12.2. The van der Waals surface area contributed by atoms with Crippen molar-refractivity contribution in [2.24, 2.45) is 0 Å². The normalized spacial score (nSPS) is 17.7. The van der Waals surface area contributed by atoms with Crippen molar-refractivity contribution in [1.29, 1.82) is 0 Å². The van der Waals surface area contributed by atoms with Gasteiger partial charge in [-0.3, -0.25) is 4.72 Å². The minimum Gasteiger partial charge on any atom is -0.317 e. The summed E-state index contributed by atoms with van der Waals surface area (Å²) in [6.07, 6.45) is 1.34. The number of hydrogen-bond donors (Lipinski definition) is 2. The van der Waals surface area contributed by atoms with Gasteiger partial charge in [0, 0.05) is 10.2 Å². The van der Waals surface area contributed by atoms with Crippen molar-refractivity contribution < 1.29 is 8.42 Å². The SMILES string of the molecule is Cc1cc(NS(=O)(=O)C2CCNCC2)ccc1Br. The predicted molar refractivity (Wildman–Crippen MR) is 77.3 cm³/mol. The van der Waals surface area contributed by atoms with E-state index in [1.54, 1.807) is 6.07 Å². The van der Waals surface area contributed by atoms with E-state index in [9.17, 15) is 8.42 Å². The number of benzene rings is 1. The van der Waals surface area contributed by atoms with E-state index in [2.05, 4.69) is 26.0 Å². The fourth-order valence-corrected chi connectivity index (χ4v) is 3.79. The first kappa shape index (κ1) is 13.8. The summed E-state index contributed by atoms with van der Waals surface area (Å²) < 4.78 is 28.1. The Balaban J connectivity index is 2.13. The summed E-state index contributed by atoms with van der Waals surface area (Å²) in [4.78, 5) is 0. The smallest absolute Gasteiger partial charge is 0.235 e. The van der Waals surface area contributed by atoms with Crippen LogP contribution in [0.25, 0.3) is 0 Å². The molecule has 4 nitrogen and oxygen atoms in total. The van der Waals surface area contributed by atoms with Crippen LogP contribution >= 0.6 is 15.9 Å². The summed E-state index contributed by atoms with van der Waals surface area (Å²) in [5.41, 5.74) is 1.65. The highest BCUT2D eigenvalue weighted by Crippen LogP contribution is 2.22. The third-order valence-electron chi connectivity index (χ3n) is 3.14. The molecular formula is C12H17BrN2O2S. The summed E-state index contributed by atoms with van der Waals surface area (Å²) >= 11 is 3.40. The van der Waals surface area contributed by atoms with Crippen LogP contribution in [0.15, 0.2) is 22.7 Å². The predicted octanol–water partition coefficient (Wildman–Crippen LogP) is 2.25. The highest BCUT2D eigenvalue weighted by Gasteiger charge is 2.27. The van der Waals surface area contributed by atoms with Gasteiger partial charge in [0.15, 0.2) is 0 Å². The molecule has 0 atom stereocenters. The van der Waals surface area contributed by atoms with Gasteiger partial charge >= 0.3 is 0 Å². The Morgan fingerprint density at radius 2 is 2.00 bits per heavy atom. The lowest BCUT2D eigenvalue weighted by molar-refractivity contribution is 0.499. The van der Waals surface area contributed by atoms with Crippen LogP contribution in [0.4, 0.5) is 5.69 Å². The first-order valence-electron chi connectivity index (χ1n) is 5.97. The van der Waals surface area contributed by atoms with Crippen molar-refractivity contribution in [3.8, 4) is 0 Å². The van der Waals surface area contributed by atoms with Crippen LogP contribution in [0, 0.1) is 6.92 Å². The second kappa shape index (κ2) is 5.59. The number of piperidine rings is 1. The molecule has 1 heterocycles. The molecule has 0 unspecified atom stereocenters. The van der Waals surface area contributed by atoms with Gasteiger partial charge in [0.05, 0.1) is 5.25 Å². The van der Waals surface area contributed by atoms with Crippen LogP contribution in [0.1, 0.15) is 18.4 Å². The van der Waals surface area contributed by atoms with Gasteiger partial charge < -0.3 is 5.32 Å². The van der Waals surface area contributed by atoms with Gasteiger partial charge in [-0.05, 0) is 56.6 Å². The Kier molecular flexibility index (Phi) is 4.29. The number of sulfonamides is 1. The van der Waals surface area contributed by atoms with Gasteiger partial charge in [-0.15, -0.1) is 0 Å². The van der Waals surface area contributed by atoms with Crippen LogP contribution in [-0.2, 0) is 10.0 Å². The number of rotatable bonds is 3. The van der Waals surface area contributed by atoms with Crippen molar-refractivity contribution in [2.45, 2.75) is 25.0 Å². The number of halogens is 1. The Bertz CT molecular complexity index is 525. The van der Waals surface area contributed by atoms with Crippen molar-refractivity contribution >= 4 is 31.6 Å². The van der Waals surface area contributed by atoms with Gasteiger partial charge in [-0.1, -0.05) is 15.9 Å². The average molecular weight is 333 g/mol. The van der Waals surface area contributed by atoms with Crippen LogP contribution in [0.5, 0.6) is 0 Å². The molecule has 1 aromatic carbocycles. The molecule has 0 saturated carbocycles. The lowest BCUT2D eigenvalue weighted by Crippen LogP contribution is -2.38. The molecule has 0 spiro atoms. The Labute approximate surface area is 116 Å². The topological polar surface area (TPSA) is 58.2 Å². The maximum Gasteiger partial charge on any atom is 0.235 e. The molecule has 18 heavy (non-hydrogen) atoms. The number of anilines is 1. The fourth-order valence-electron chi connectivity index (χ4n) is 2.06. The van der Waals surface area contributed by atoms with Gasteiger partial charge in [0.1, 0.15) is 0 Å². The molecule has 6 heteroatoms. The molecule has 2 rings (SSSR count). The van der Waals surface area contributed by atoms with Gasteiger partial charge in [-0.25, -0.2) is 8.42 Å². The quantitative estimate of drug-likeness (QED) is 0.892. The van der Waals surface area contributed by atoms with E-state index in [4.69, 9.17) is 0 Å². The standard InChI is InChI=1S/C12H17BrN2O2S/c1-9-8-10(2-3-12(9)13)15-18(16,17)11-4-6-14-7-5-11/h2-3,8,11,14-15H,4-7H2,1H3. The molecule has 0 bridgehead atoms. The zero-order valence-electron chi connectivity index (χ0n) is 10.2. The molecule has 1 aliphatic rings. The molecule has 100 valence electrons. The summed E-state index contributed by atoms with van der Waals surface area (Å²) in [6.45, 7) is 3.47. The molecule has 0 amide bonds. The van der Waals surface area contributed by atoms with Crippen LogP contribution in [0.3, 0.4) is 0 Å². The maximum absolute atomic E-state index is 12.2. The molecule has 1 aliphatic heterocycles. The lowest BCUT2D eigenvalue weighted by atomic mass is 10.2. The van der Waals surface area contributed by atoms with Crippen LogP contribution < -0.4 is 10.0 Å². The summed E-state index contributed by atoms with van der Waals surface area (Å²) in [5, 5.41) is 2.88. The first-order chi connectivity index (χ1) is 8.49. The molecule has 1 aromatic rings. The Morgan fingerprint density at radius 1 is 1.33 bits per heavy atom. The third-order valence-corrected chi connectivity index (χ3v) is 5.90. The van der Waals surface area contributed by atoms with E-state index in [0.717, 1.165) is 23.1 Å². The molecule has 0 aliphatic carbocycles. The minimum absolute atomic E-state index is 0.289. The van der Waals surface area contributed by atoms with Crippen molar-refractivity contribution in [3.63, 3.8) is 0 Å². The van der Waals surface area contributed by atoms with Gasteiger partial charge in [0.2, 0.25) is 10.0 Å². The Morgan fingerprint density at radius 3 is 2.61 bits per heavy atom. The van der Waals surface area contributed by atoms with E-state index < -0.39 is 10.0 Å². The van der Waals surface area contributed by atoms with Gasteiger partial charge in [0.25, 0.3) is 0 Å². The van der Waals surface area contributed by atoms with Gasteiger partial charge in [-0.2, -0.15) is 0 Å². The second-order valence-electron chi connectivity index (χ2n) is 4.56. The summed E-state index contributed by atoms with van der Waals surface area (Å²) in [6, 6.07) is 5.47. The lowest BCUT2D eigenvalue weighted by Gasteiger charge is -2.23. The highest BCUT2D eigenvalue weighted by molar-refractivity contribution is 9.10. The third kappa shape index (κ3) is 3.24. The monoisotopic (exact) mass is 332 g/mol. The highest BCUT2D eigenvalue weighted by atomic mass is 79.9. The molecule has 1 fully saturated rings. The van der Waals surface area contributed by atoms with Crippen molar-refractivity contribution in [1.82, 2.24) is 5.32 Å². The zero-order valence-corrected chi connectivity index (χ0v) is 12.6. The van der Waals surface area contributed by atoms with Crippen molar-refractivity contribution in [2.75, 3.05) is 17.8 Å². The number of aryl methyl sites for hydroxylation is 1. The molecule has 1 saturated heterocycles. The zero-order chi connectivity index (χ0) is 13.2. The molecule has 0 radical (unpaired) electrons. The summed E-state index contributed by atoms with van der Waals surface area (Å²) in [7, 11) is -3.27. The number of nitrogens with one attached hydrogen (secondary N) is 2. The molecule has 0 aromatic heterocycles. The van der Waals surface area contributed by atoms with E-state index in [-0.39, 0.29) is 5.25 Å². The first-order valence-corrected chi connectivity index (χ1v) is 8.31. The minimum atomic E-state index is -3.27. The van der Waals surface area contributed by atoms with E-state index >= 15 is 0 Å². The molecular weight excluding hydrogens is 316 g/mol. The average Bonchev–Trinajstić information content (AvgIpc) is 2.35. The second-order valence-corrected chi connectivity index (χ2v) is 7.38. The molecule has 2 N–H and O–H groups in total. The fraction of sp³-hybridized carbons (Fsp3) is 0.500. The summed E-state index contributed by atoms with van der Waals surface area (Å²) in [5.74, 6) is 0. The van der Waals surface area contributed by atoms with E-state index in [1.807, 2.05) is 19.1 Å². The number of hydrogen-bond acceptors (Lipinski definition) is 3. The van der Waals surface area contributed by atoms with E-state index in [0.29, 0.717) is 18.5 Å². The van der Waals surface area contributed by atoms with Crippen molar-refractivity contribution in [3.05, 3.63) is 28.2 Å². The van der Waals surface area contributed by atoms with E-state index in [1.165, 1.54) is 0 Å². The largest absolute Gasteiger partial charge is 0.317 e. The van der Waals surface area contributed by atoms with Crippen LogP contribution in [0.2, 0.25) is 0 Å². The Hall–Kier alpha value is -0.590.